The summed E-state index contributed by atoms with van der Waals surface area (Å²) in [6.45, 7) is 0. The summed E-state index contributed by atoms with van der Waals surface area (Å²) in [6, 6.07) is 30.5. The molecule has 0 aliphatic carbocycles. The summed E-state index contributed by atoms with van der Waals surface area (Å²) in [6.07, 6.45) is 3.64. The molecule has 0 saturated heterocycles. The molecule has 0 fully saturated rings. The fourth-order valence-electron chi connectivity index (χ4n) is 7.47. The summed E-state index contributed by atoms with van der Waals surface area (Å²) >= 11 is 0. The lowest BCUT2D eigenvalue weighted by Gasteiger charge is -2.24. The molecule has 6 rings (SSSR count). The summed E-state index contributed by atoms with van der Waals surface area (Å²) in [7, 11) is 6.70. The Balaban J connectivity index is 1.34. The molecule has 68 heavy (non-hydrogen) atoms. The van der Waals surface area contributed by atoms with Crippen molar-refractivity contribution in [2.75, 3.05) is 107 Å². The van der Waals surface area contributed by atoms with E-state index in [1.54, 1.807) is 85.3 Å². The van der Waals surface area contributed by atoms with Crippen LogP contribution in [0.4, 0.5) is 46.0 Å². The van der Waals surface area contributed by atoms with Crippen molar-refractivity contribution < 1.29 is 53.1 Å². The third-order valence-corrected chi connectivity index (χ3v) is 21.7. The van der Waals surface area contributed by atoms with Crippen LogP contribution in [0.25, 0.3) is 12.2 Å². The maximum atomic E-state index is 5.69. The highest BCUT2D eigenvalue weighted by atomic mass is 28.4. The Bertz CT molecular complexity index is 2160. The number of nitrogens with zero attached hydrogens (tertiary/aromatic N) is 2. The number of hydrogen-bond acceptors (Lipinski definition) is 18. The van der Waals surface area contributed by atoms with Crippen LogP contribution in [0.15, 0.2) is 97.1 Å². The summed E-state index contributed by atoms with van der Waals surface area (Å²) in [5, 5.41) is 17.0. The lowest BCUT2D eigenvalue weighted by Crippen LogP contribution is -2.54. The molecule has 24 heteroatoms. The standard InChI is InChI=1S/C44H60N8O12Si4/c1-53-65(54-2,55-3)35-21-13-31(14-22-35)45-41-42(46-32-15-23-36(24-16-32)66(56-4,57-5)58-6)50-39(49-41)29-30-40-51-43(47-33-17-25-37(26-18-33)67(59-7,60-8)61-9)44(52-40)48-34-19-27-38(28-20-34)68(62-10,63-11)64-12/h13-30,45-48H,1-12H3,(H,49,50)(H,51,52)/b30-29+. The van der Waals surface area contributed by atoms with Crippen molar-refractivity contribution in [2.24, 2.45) is 0 Å². The van der Waals surface area contributed by atoms with Crippen LogP contribution < -0.4 is 42.0 Å². The maximum Gasteiger partial charge on any atom is 0.536 e. The predicted molar refractivity (Wildman–Crippen MR) is 271 cm³/mol. The van der Waals surface area contributed by atoms with Gasteiger partial charge in [-0.1, -0.05) is 48.5 Å². The number of benzene rings is 4. The molecule has 0 aliphatic rings. The first-order valence-electron chi connectivity index (χ1n) is 20.9. The molecular formula is C44H60N8O12Si4. The van der Waals surface area contributed by atoms with Crippen molar-refractivity contribution in [1.82, 2.24) is 19.9 Å². The van der Waals surface area contributed by atoms with Crippen molar-refractivity contribution in [1.29, 1.82) is 0 Å². The molecule has 0 amide bonds. The molecule has 0 bridgehead atoms. The molecular weight excluding hydrogens is 945 g/mol. The number of imidazole rings is 2. The average Bonchev–Trinajstić information content (AvgIpc) is 3.96. The van der Waals surface area contributed by atoms with E-state index in [0.717, 1.165) is 43.5 Å². The highest BCUT2D eigenvalue weighted by Crippen LogP contribution is 2.30. The number of H-pyrrole nitrogens is 2. The Hall–Kier alpha value is -5.37. The van der Waals surface area contributed by atoms with Crippen LogP contribution in [0.2, 0.25) is 0 Å². The first-order chi connectivity index (χ1) is 32.9. The lowest BCUT2D eigenvalue weighted by atomic mass is 10.3. The van der Waals surface area contributed by atoms with Gasteiger partial charge >= 0.3 is 35.2 Å². The van der Waals surface area contributed by atoms with Gasteiger partial charge in [0.05, 0.1) is 0 Å². The van der Waals surface area contributed by atoms with Gasteiger partial charge in [-0.2, -0.15) is 0 Å². The van der Waals surface area contributed by atoms with Gasteiger partial charge in [0.25, 0.3) is 0 Å². The molecule has 364 valence electrons. The predicted octanol–water partition coefficient (Wildman–Crippen LogP) is 4.62. The highest BCUT2D eigenvalue weighted by Gasteiger charge is 2.43. The lowest BCUT2D eigenvalue weighted by molar-refractivity contribution is 0.140. The molecule has 4 aromatic carbocycles. The van der Waals surface area contributed by atoms with Crippen molar-refractivity contribution in [3.63, 3.8) is 0 Å². The molecule has 0 spiro atoms. The number of nitrogens with one attached hydrogen (secondary N) is 6. The fraction of sp³-hybridized carbons (Fsp3) is 0.273. The minimum atomic E-state index is -3.05. The van der Waals surface area contributed by atoms with Crippen molar-refractivity contribution in [2.45, 2.75) is 0 Å². The molecule has 0 atom stereocenters. The minimum absolute atomic E-state index is 0.519. The van der Waals surface area contributed by atoms with Crippen LogP contribution in [0.5, 0.6) is 0 Å². The molecule has 0 saturated carbocycles. The topological polar surface area (TPSA) is 216 Å². The van der Waals surface area contributed by atoms with Gasteiger partial charge in [0, 0.05) is 129 Å². The highest BCUT2D eigenvalue weighted by molar-refractivity contribution is 6.76. The zero-order chi connectivity index (χ0) is 49.0. The molecule has 2 aromatic heterocycles. The minimum Gasteiger partial charge on any atom is -0.373 e. The van der Waals surface area contributed by atoms with E-state index in [2.05, 4.69) is 31.2 Å². The monoisotopic (exact) mass is 1000 g/mol. The third kappa shape index (κ3) is 11.1. The van der Waals surface area contributed by atoms with Crippen LogP contribution >= 0.6 is 0 Å². The first kappa shape index (κ1) is 52.0. The summed E-state index contributed by atoms with van der Waals surface area (Å²) in [4.78, 5) is 16.7. The SMILES string of the molecule is CO[Si](OC)(OC)c1ccc(Nc2nc(/C=C/c3nc(Nc4ccc([Si](OC)(OC)OC)cc4)c(Nc4ccc([Si](OC)(OC)OC)cc4)[nH]3)[nH]c2Nc2ccc([Si](OC)(OC)OC)cc2)cc1. The number of rotatable bonds is 26. The number of anilines is 8. The largest absolute Gasteiger partial charge is 0.536 e. The van der Waals surface area contributed by atoms with Crippen LogP contribution in [0.1, 0.15) is 11.6 Å². The molecule has 6 N–H and O–H groups in total. The van der Waals surface area contributed by atoms with E-state index in [1.165, 1.54) is 0 Å². The number of aromatic amines is 2. The first-order valence-corrected chi connectivity index (χ1v) is 27.8. The Morgan fingerprint density at radius 3 is 0.735 bits per heavy atom. The van der Waals surface area contributed by atoms with Gasteiger partial charge in [-0.05, 0) is 60.7 Å². The zero-order valence-corrected chi connectivity index (χ0v) is 44.2. The van der Waals surface area contributed by atoms with E-state index in [-0.39, 0.29) is 0 Å². The van der Waals surface area contributed by atoms with E-state index >= 15 is 0 Å². The van der Waals surface area contributed by atoms with E-state index in [1.807, 2.05) is 109 Å². The van der Waals surface area contributed by atoms with E-state index in [0.29, 0.717) is 34.9 Å². The van der Waals surface area contributed by atoms with Crippen molar-refractivity contribution in [3.05, 3.63) is 109 Å². The van der Waals surface area contributed by atoms with Gasteiger partial charge in [-0.25, -0.2) is 9.97 Å². The van der Waals surface area contributed by atoms with E-state index in [9.17, 15) is 0 Å². The van der Waals surface area contributed by atoms with Crippen LogP contribution in [0, 0.1) is 0 Å². The van der Waals surface area contributed by atoms with Gasteiger partial charge < -0.3 is 84.3 Å². The van der Waals surface area contributed by atoms with E-state index in [4.69, 9.17) is 63.1 Å². The van der Waals surface area contributed by atoms with E-state index < -0.39 is 35.2 Å². The molecule has 6 aromatic rings. The van der Waals surface area contributed by atoms with Gasteiger partial charge in [0.1, 0.15) is 11.6 Å². The smallest absolute Gasteiger partial charge is 0.373 e. The Morgan fingerprint density at radius 2 is 0.529 bits per heavy atom. The maximum absolute atomic E-state index is 5.69. The van der Waals surface area contributed by atoms with Crippen LogP contribution in [0.3, 0.4) is 0 Å². The number of aromatic nitrogens is 4. The summed E-state index contributed by atoms with van der Waals surface area (Å²) in [5.41, 5.74) is 3.06. The van der Waals surface area contributed by atoms with Gasteiger partial charge in [0.2, 0.25) is 0 Å². The van der Waals surface area contributed by atoms with Crippen molar-refractivity contribution >= 4 is 114 Å². The quantitative estimate of drug-likeness (QED) is 0.0409. The number of hydrogen-bond donors (Lipinski definition) is 6. The van der Waals surface area contributed by atoms with Gasteiger partial charge in [-0.15, -0.1) is 0 Å². The second-order valence-corrected chi connectivity index (χ2v) is 26.2. The summed E-state index contributed by atoms with van der Waals surface area (Å²) in [5.74, 6) is 3.26. The normalized spacial score (nSPS) is 12.5. The molecule has 0 radical (unpaired) electrons. The second kappa shape index (κ2) is 23.3. The summed E-state index contributed by atoms with van der Waals surface area (Å²) < 4.78 is 68.2. The Labute approximate surface area is 401 Å². The Morgan fingerprint density at radius 1 is 0.324 bits per heavy atom. The molecule has 20 nitrogen and oxygen atoms in total. The Kier molecular flexibility index (Phi) is 17.8. The third-order valence-electron chi connectivity index (χ3n) is 11.1. The van der Waals surface area contributed by atoms with Gasteiger partial charge in [-0.3, -0.25) is 0 Å². The molecule has 0 unspecified atom stereocenters. The van der Waals surface area contributed by atoms with Crippen molar-refractivity contribution in [3.8, 4) is 0 Å². The molecule has 2 heterocycles. The fourth-order valence-corrected chi connectivity index (χ4v) is 14.6. The zero-order valence-electron chi connectivity index (χ0n) is 40.2. The average molecular weight is 1010 g/mol. The van der Waals surface area contributed by atoms with Gasteiger partial charge in [0.15, 0.2) is 23.3 Å². The van der Waals surface area contributed by atoms with Crippen LogP contribution in [-0.2, 0) is 53.1 Å². The second-order valence-electron chi connectivity index (χ2n) is 14.5. The van der Waals surface area contributed by atoms with Crippen LogP contribution in [-0.4, -0.2) is 140 Å². The molecule has 0 aliphatic heterocycles.